The maximum Gasteiger partial charge on any atom is 0.338 e. The third-order valence-electron chi connectivity index (χ3n) is 3.74. The molecule has 0 saturated heterocycles. The van der Waals surface area contributed by atoms with Gasteiger partial charge in [0.2, 0.25) is 0 Å². The Balaban J connectivity index is 1.84. The molecule has 5 nitrogen and oxygen atoms in total. The first kappa shape index (κ1) is 19.2. The fourth-order valence-electron chi connectivity index (χ4n) is 2.51. The molecule has 1 aromatic heterocycles. The normalized spacial score (nSPS) is 10.9. The lowest BCUT2D eigenvalue weighted by Crippen LogP contribution is -2.13. The fraction of sp³-hybridized carbons (Fsp3) is 0.200. The summed E-state index contributed by atoms with van der Waals surface area (Å²) < 4.78 is 11.3. The summed E-state index contributed by atoms with van der Waals surface area (Å²) in [6, 6.07) is 12.1. The third kappa shape index (κ3) is 4.23. The van der Waals surface area contributed by atoms with Crippen molar-refractivity contribution in [2.45, 2.75) is 20.0 Å². The van der Waals surface area contributed by atoms with Gasteiger partial charge in [-0.1, -0.05) is 17.7 Å². The lowest BCUT2D eigenvalue weighted by molar-refractivity contribution is 0.0378. The standard InChI is InChI=1S/C20H18ClNO4S/c1-11(2)26-20(24)12-5-4-6-13(9-12)22-19(23)18-17(21)15-10-14(25-3)7-8-16(15)27-18/h4-11H,1-3H3,(H,22,23). The number of fused-ring (bicyclic) bond motifs is 1. The summed E-state index contributed by atoms with van der Waals surface area (Å²) in [6.45, 7) is 3.56. The Hall–Kier alpha value is -2.57. The summed E-state index contributed by atoms with van der Waals surface area (Å²) in [6.07, 6.45) is -0.218. The molecular formula is C20H18ClNO4S. The van der Waals surface area contributed by atoms with Gasteiger partial charge >= 0.3 is 5.97 Å². The SMILES string of the molecule is COc1ccc2sc(C(=O)Nc3cccc(C(=O)OC(C)C)c3)c(Cl)c2c1. The van der Waals surface area contributed by atoms with Crippen molar-refractivity contribution in [3.8, 4) is 5.75 Å². The van der Waals surface area contributed by atoms with Crippen LogP contribution in [0.4, 0.5) is 5.69 Å². The minimum Gasteiger partial charge on any atom is -0.497 e. The van der Waals surface area contributed by atoms with Crippen molar-refractivity contribution >= 4 is 50.6 Å². The summed E-state index contributed by atoms with van der Waals surface area (Å²) in [7, 11) is 1.58. The topological polar surface area (TPSA) is 64.6 Å². The van der Waals surface area contributed by atoms with Crippen molar-refractivity contribution in [2.75, 3.05) is 12.4 Å². The number of halogens is 1. The Morgan fingerprint density at radius 1 is 1.15 bits per heavy atom. The smallest absolute Gasteiger partial charge is 0.338 e. The van der Waals surface area contributed by atoms with Crippen LogP contribution in [0.5, 0.6) is 5.75 Å². The number of rotatable bonds is 5. The van der Waals surface area contributed by atoms with Gasteiger partial charge in [-0.05, 0) is 50.2 Å². The summed E-state index contributed by atoms with van der Waals surface area (Å²) in [4.78, 5) is 25.1. The molecule has 0 radical (unpaired) electrons. The number of nitrogens with one attached hydrogen (secondary N) is 1. The van der Waals surface area contributed by atoms with Gasteiger partial charge in [0.25, 0.3) is 5.91 Å². The molecule has 140 valence electrons. The summed E-state index contributed by atoms with van der Waals surface area (Å²) in [5.74, 6) is -0.104. The zero-order valence-electron chi connectivity index (χ0n) is 15.0. The van der Waals surface area contributed by atoms with E-state index in [1.807, 2.05) is 12.1 Å². The van der Waals surface area contributed by atoms with Crippen LogP contribution in [0.3, 0.4) is 0 Å². The summed E-state index contributed by atoms with van der Waals surface area (Å²) in [5.41, 5.74) is 0.859. The van der Waals surface area contributed by atoms with E-state index < -0.39 is 5.97 Å². The van der Waals surface area contributed by atoms with E-state index in [-0.39, 0.29) is 12.0 Å². The second-order valence-corrected chi connectivity index (χ2v) is 7.53. The average molecular weight is 404 g/mol. The third-order valence-corrected chi connectivity index (χ3v) is 5.41. The fourth-order valence-corrected chi connectivity index (χ4v) is 3.90. The molecule has 3 rings (SSSR count). The number of anilines is 1. The maximum atomic E-state index is 12.7. The number of benzene rings is 2. The van der Waals surface area contributed by atoms with Crippen LogP contribution in [0.15, 0.2) is 42.5 Å². The molecule has 1 heterocycles. The van der Waals surface area contributed by atoms with E-state index >= 15 is 0 Å². The molecule has 1 amide bonds. The van der Waals surface area contributed by atoms with Crippen molar-refractivity contribution in [3.63, 3.8) is 0 Å². The second-order valence-electron chi connectivity index (χ2n) is 6.10. The predicted octanol–water partition coefficient (Wildman–Crippen LogP) is 5.38. The highest BCUT2D eigenvalue weighted by Gasteiger charge is 2.18. The lowest BCUT2D eigenvalue weighted by atomic mass is 10.2. The summed E-state index contributed by atoms with van der Waals surface area (Å²) in [5, 5.41) is 3.93. The van der Waals surface area contributed by atoms with Crippen molar-refractivity contribution in [1.29, 1.82) is 0 Å². The van der Waals surface area contributed by atoms with E-state index in [1.165, 1.54) is 11.3 Å². The number of hydrogen-bond donors (Lipinski definition) is 1. The first-order valence-corrected chi connectivity index (χ1v) is 9.47. The maximum absolute atomic E-state index is 12.7. The van der Waals surface area contributed by atoms with Gasteiger partial charge in [-0.25, -0.2) is 4.79 Å². The number of carbonyl (C=O) groups excluding carboxylic acids is 2. The first-order valence-electron chi connectivity index (χ1n) is 8.27. The average Bonchev–Trinajstić information content (AvgIpc) is 2.97. The van der Waals surface area contributed by atoms with Crippen molar-refractivity contribution in [3.05, 3.63) is 57.9 Å². The Kier molecular flexibility index (Phi) is 5.68. The molecule has 0 atom stereocenters. The van der Waals surface area contributed by atoms with Crippen molar-refractivity contribution < 1.29 is 19.1 Å². The first-order chi connectivity index (χ1) is 12.9. The van der Waals surface area contributed by atoms with Gasteiger partial charge in [-0.15, -0.1) is 11.3 Å². The molecule has 0 spiro atoms. The minimum atomic E-state index is -0.437. The number of ether oxygens (including phenoxy) is 2. The molecule has 2 aromatic carbocycles. The van der Waals surface area contributed by atoms with Gasteiger partial charge in [-0.2, -0.15) is 0 Å². The molecule has 0 bridgehead atoms. The highest BCUT2D eigenvalue weighted by Crippen LogP contribution is 2.37. The van der Waals surface area contributed by atoms with Crippen molar-refractivity contribution in [2.24, 2.45) is 0 Å². The Bertz CT molecular complexity index is 1010. The quantitative estimate of drug-likeness (QED) is 0.581. The van der Waals surface area contributed by atoms with Gasteiger partial charge in [0.1, 0.15) is 10.6 Å². The molecule has 0 aliphatic carbocycles. The number of thiophene rings is 1. The highest BCUT2D eigenvalue weighted by atomic mass is 35.5. The Morgan fingerprint density at radius 3 is 2.63 bits per heavy atom. The molecule has 0 fully saturated rings. The molecule has 1 N–H and O–H groups in total. The Morgan fingerprint density at radius 2 is 1.93 bits per heavy atom. The van der Waals surface area contributed by atoms with E-state index in [9.17, 15) is 9.59 Å². The largest absolute Gasteiger partial charge is 0.497 e. The second kappa shape index (κ2) is 7.98. The number of methoxy groups -OCH3 is 1. The molecule has 0 aliphatic rings. The van der Waals surface area contributed by atoms with Gasteiger partial charge in [-0.3, -0.25) is 4.79 Å². The zero-order chi connectivity index (χ0) is 19.6. The molecule has 0 saturated carbocycles. The van der Waals surface area contributed by atoms with Crippen molar-refractivity contribution in [1.82, 2.24) is 0 Å². The van der Waals surface area contributed by atoms with Crippen LogP contribution >= 0.6 is 22.9 Å². The number of amides is 1. The van der Waals surface area contributed by atoms with Gasteiger partial charge in [0, 0.05) is 15.8 Å². The zero-order valence-corrected chi connectivity index (χ0v) is 16.6. The minimum absolute atomic E-state index is 0.218. The molecule has 7 heteroatoms. The van der Waals surface area contributed by atoms with E-state index in [4.69, 9.17) is 21.1 Å². The van der Waals surface area contributed by atoms with E-state index in [2.05, 4.69) is 5.32 Å². The van der Waals surface area contributed by atoms with Crippen LogP contribution in [0, 0.1) is 0 Å². The number of hydrogen-bond acceptors (Lipinski definition) is 5. The van der Waals surface area contributed by atoms with Crippen LogP contribution in [-0.4, -0.2) is 25.1 Å². The lowest BCUT2D eigenvalue weighted by Gasteiger charge is -2.09. The van der Waals surface area contributed by atoms with Crippen LogP contribution in [0.2, 0.25) is 5.02 Å². The summed E-state index contributed by atoms with van der Waals surface area (Å²) >= 11 is 7.70. The van der Waals surface area contributed by atoms with E-state index in [1.54, 1.807) is 51.3 Å². The van der Waals surface area contributed by atoms with Crippen LogP contribution in [0.1, 0.15) is 33.9 Å². The highest BCUT2D eigenvalue weighted by molar-refractivity contribution is 7.21. The molecule has 0 unspecified atom stereocenters. The Labute approximate surface area is 165 Å². The van der Waals surface area contributed by atoms with Crippen LogP contribution in [-0.2, 0) is 4.74 Å². The molecule has 0 aliphatic heterocycles. The molecule has 27 heavy (non-hydrogen) atoms. The molecule has 3 aromatic rings. The van der Waals surface area contributed by atoms with Gasteiger partial charge < -0.3 is 14.8 Å². The van der Waals surface area contributed by atoms with Gasteiger partial charge in [0.15, 0.2) is 0 Å². The molecular weight excluding hydrogens is 386 g/mol. The monoisotopic (exact) mass is 403 g/mol. The van der Waals surface area contributed by atoms with E-state index in [0.29, 0.717) is 26.9 Å². The van der Waals surface area contributed by atoms with E-state index in [0.717, 1.165) is 10.1 Å². The number of carbonyl (C=O) groups is 2. The predicted molar refractivity (Wildman–Crippen MR) is 108 cm³/mol. The van der Waals surface area contributed by atoms with Crippen LogP contribution in [0.25, 0.3) is 10.1 Å². The van der Waals surface area contributed by atoms with Gasteiger partial charge in [0.05, 0.1) is 23.8 Å². The van der Waals surface area contributed by atoms with Crippen LogP contribution < -0.4 is 10.1 Å². The number of esters is 1.